The van der Waals surface area contributed by atoms with E-state index in [-0.39, 0.29) is 5.75 Å². The van der Waals surface area contributed by atoms with Crippen LogP contribution in [0.15, 0.2) is 24.3 Å². The van der Waals surface area contributed by atoms with E-state index in [2.05, 4.69) is 0 Å². The Morgan fingerprint density at radius 2 is 1.58 bits per heavy atom. The Morgan fingerprint density at radius 1 is 1.00 bits per heavy atom. The molecule has 19 heavy (non-hydrogen) atoms. The summed E-state index contributed by atoms with van der Waals surface area (Å²) in [4.78, 5) is 0. The molecule has 0 atom stereocenters. The number of halogens is 3. The number of aromatic hydroxyl groups is 1. The van der Waals surface area contributed by atoms with Crippen LogP contribution < -0.4 is 10.5 Å². The second-order valence-corrected chi connectivity index (χ2v) is 3.95. The van der Waals surface area contributed by atoms with Gasteiger partial charge in [-0.05, 0) is 19.1 Å². The van der Waals surface area contributed by atoms with Crippen molar-refractivity contribution >= 4 is 5.69 Å². The number of aryl methyl sites for hydroxylation is 1. The molecule has 0 aliphatic carbocycles. The summed E-state index contributed by atoms with van der Waals surface area (Å²) < 4.78 is 45.3. The first-order chi connectivity index (χ1) is 8.91. The smallest absolute Gasteiger partial charge is 0.212 e. The molecule has 2 aromatic carbocycles. The van der Waals surface area contributed by atoms with Crippen LogP contribution in [0.3, 0.4) is 0 Å². The molecule has 0 heterocycles. The van der Waals surface area contributed by atoms with E-state index in [9.17, 15) is 18.3 Å². The second-order valence-electron chi connectivity index (χ2n) is 3.95. The van der Waals surface area contributed by atoms with E-state index in [0.29, 0.717) is 0 Å². The van der Waals surface area contributed by atoms with Crippen LogP contribution in [0.5, 0.6) is 17.2 Å². The number of phenols is 1. The molecular formula is C13H10F3NO2. The summed E-state index contributed by atoms with van der Waals surface area (Å²) in [7, 11) is 0. The van der Waals surface area contributed by atoms with Crippen molar-refractivity contribution in [1.29, 1.82) is 0 Å². The van der Waals surface area contributed by atoms with E-state index >= 15 is 0 Å². The van der Waals surface area contributed by atoms with Crippen molar-refractivity contribution in [3.63, 3.8) is 0 Å². The quantitative estimate of drug-likeness (QED) is 0.498. The van der Waals surface area contributed by atoms with Crippen LogP contribution in [0.1, 0.15) is 5.56 Å². The molecule has 3 nitrogen and oxygen atoms in total. The van der Waals surface area contributed by atoms with Crippen molar-refractivity contribution < 1.29 is 23.0 Å². The summed E-state index contributed by atoms with van der Waals surface area (Å²) in [5.41, 5.74) is 4.93. The highest BCUT2D eigenvalue weighted by Gasteiger charge is 2.25. The number of nitrogens with two attached hydrogens (primary N) is 1. The lowest BCUT2D eigenvalue weighted by molar-refractivity contribution is 0.360. The van der Waals surface area contributed by atoms with Gasteiger partial charge in [0.25, 0.3) is 0 Å². The number of rotatable bonds is 2. The maximum atomic E-state index is 13.6. The predicted molar refractivity (Wildman–Crippen MR) is 63.6 cm³/mol. The Hall–Kier alpha value is -2.37. The molecule has 2 rings (SSSR count). The van der Waals surface area contributed by atoms with Crippen molar-refractivity contribution in [3.8, 4) is 17.2 Å². The number of hydrogen-bond donors (Lipinski definition) is 2. The Morgan fingerprint density at radius 3 is 2.16 bits per heavy atom. The minimum Gasteiger partial charge on any atom is -0.503 e. The summed E-state index contributed by atoms with van der Waals surface area (Å²) in [6.07, 6.45) is 0. The molecule has 0 fully saturated rings. The third-order valence-corrected chi connectivity index (χ3v) is 2.53. The van der Waals surface area contributed by atoms with E-state index in [0.717, 1.165) is 5.56 Å². The van der Waals surface area contributed by atoms with E-state index in [1.165, 1.54) is 12.1 Å². The first-order valence-electron chi connectivity index (χ1n) is 5.31. The molecule has 6 heteroatoms. The van der Waals surface area contributed by atoms with Crippen molar-refractivity contribution in [1.82, 2.24) is 0 Å². The van der Waals surface area contributed by atoms with Gasteiger partial charge in [-0.15, -0.1) is 0 Å². The van der Waals surface area contributed by atoms with Crippen LogP contribution in [-0.2, 0) is 0 Å². The van der Waals surface area contributed by atoms with Gasteiger partial charge in [0, 0.05) is 0 Å². The fourth-order valence-corrected chi connectivity index (χ4v) is 1.46. The molecule has 0 spiro atoms. The molecule has 0 aliphatic heterocycles. The Balaban J connectivity index is 2.48. The monoisotopic (exact) mass is 269 g/mol. The zero-order valence-corrected chi connectivity index (χ0v) is 9.88. The van der Waals surface area contributed by atoms with Crippen LogP contribution in [-0.4, -0.2) is 5.11 Å². The third-order valence-electron chi connectivity index (χ3n) is 2.53. The average molecular weight is 269 g/mol. The van der Waals surface area contributed by atoms with Crippen LogP contribution in [0.25, 0.3) is 0 Å². The van der Waals surface area contributed by atoms with E-state index < -0.39 is 34.6 Å². The zero-order valence-electron chi connectivity index (χ0n) is 9.88. The number of anilines is 1. The van der Waals surface area contributed by atoms with Crippen molar-refractivity contribution in [2.45, 2.75) is 6.92 Å². The lowest BCUT2D eigenvalue weighted by Crippen LogP contribution is -2.02. The predicted octanol–water partition coefficient (Wildman–Crippen LogP) is 3.49. The lowest BCUT2D eigenvalue weighted by atomic mass is 10.2. The summed E-state index contributed by atoms with van der Waals surface area (Å²) in [5, 5.41) is 9.23. The highest BCUT2D eigenvalue weighted by molar-refractivity contribution is 5.58. The number of nitrogen functional groups attached to an aromatic ring is 1. The van der Waals surface area contributed by atoms with Gasteiger partial charge in [-0.25, -0.2) is 4.39 Å². The zero-order chi connectivity index (χ0) is 14.2. The lowest BCUT2D eigenvalue weighted by Gasteiger charge is -2.11. The average Bonchev–Trinajstić information content (AvgIpc) is 2.41. The Labute approximate surface area is 107 Å². The Kier molecular flexibility index (Phi) is 3.25. The van der Waals surface area contributed by atoms with E-state index in [4.69, 9.17) is 10.5 Å². The van der Waals surface area contributed by atoms with Gasteiger partial charge in [0.2, 0.25) is 17.4 Å². The SMILES string of the molecule is Cc1ccc(Oc2c(F)c(O)c(N)c(F)c2F)cc1. The standard InChI is InChI=1S/C13H10F3NO2/c1-6-2-4-7(5-3-6)19-13-9(15)8(14)11(17)12(18)10(13)16/h2-5,18H,17H2,1H3. The molecular weight excluding hydrogens is 259 g/mol. The van der Waals surface area contributed by atoms with Gasteiger partial charge in [-0.2, -0.15) is 8.78 Å². The normalized spacial score (nSPS) is 10.5. The molecule has 100 valence electrons. The van der Waals surface area contributed by atoms with Gasteiger partial charge in [0.1, 0.15) is 11.4 Å². The minimum absolute atomic E-state index is 0.104. The maximum Gasteiger partial charge on any atom is 0.212 e. The topological polar surface area (TPSA) is 55.5 Å². The number of hydrogen-bond acceptors (Lipinski definition) is 3. The molecule has 0 saturated carbocycles. The Bertz CT molecular complexity index is 598. The van der Waals surface area contributed by atoms with Crippen LogP contribution in [0.2, 0.25) is 0 Å². The molecule has 0 bridgehead atoms. The van der Waals surface area contributed by atoms with Gasteiger partial charge in [0.05, 0.1) is 0 Å². The minimum atomic E-state index is -1.59. The molecule has 0 amide bonds. The second kappa shape index (κ2) is 4.72. The number of phenolic OH excluding ortho intramolecular Hbond substituents is 1. The maximum absolute atomic E-state index is 13.6. The summed E-state index contributed by atoms with van der Waals surface area (Å²) >= 11 is 0. The molecule has 3 N–H and O–H groups in total. The fourth-order valence-electron chi connectivity index (χ4n) is 1.46. The fraction of sp³-hybridized carbons (Fsp3) is 0.0769. The highest BCUT2D eigenvalue weighted by Crippen LogP contribution is 2.38. The number of benzene rings is 2. The number of ether oxygens (including phenoxy) is 1. The molecule has 0 radical (unpaired) electrons. The van der Waals surface area contributed by atoms with E-state index in [1.54, 1.807) is 12.1 Å². The van der Waals surface area contributed by atoms with Crippen LogP contribution in [0.4, 0.5) is 18.9 Å². The van der Waals surface area contributed by atoms with Crippen molar-refractivity contribution in [3.05, 3.63) is 47.3 Å². The third kappa shape index (κ3) is 2.29. The van der Waals surface area contributed by atoms with Gasteiger partial charge in [-0.3, -0.25) is 0 Å². The van der Waals surface area contributed by atoms with Gasteiger partial charge >= 0.3 is 0 Å². The summed E-state index contributed by atoms with van der Waals surface area (Å²) in [6, 6.07) is 6.22. The summed E-state index contributed by atoms with van der Waals surface area (Å²) in [6.45, 7) is 1.82. The molecule has 0 unspecified atom stereocenters. The molecule has 0 saturated heterocycles. The van der Waals surface area contributed by atoms with Gasteiger partial charge in [0.15, 0.2) is 11.6 Å². The molecule has 0 aliphatic rings. The first-order valence-corrected chi connectivity index (χ1v) is 5.31. The largest absolute Gasteiger partial charge is 0.503 e. The van der Waals surface area contributed by atoms with Crippen molar-refractivity contribution in [2.24, 2.45) is 0 Å². The van der Waals surface area contributed by atoms with Gasteiger partial charge < -0.3 is 15.6 Å². The van der Waals surface area contributed by atoms with Crippen molar-refractivity contribution in [2.75, 3.05) is 5.73 Å². The molecule has 2 aromatic rings. The van der Waals surface area contributed by atoms with Crippen LogP contribution in [0, 0.1) is 24.4 Å². The molecule has 0 aromatic heterocycles. The first kappa shape index (κ1) is 13.1. The highest BCUT2D eigenvalue weighted by atomic mass is 19.2. The summed E-state index contributed by atoms with van der Waals surface area (Å²) in [5.74, 6) is -6.70. The van der Waals surface area contributed by atoms with Crippen LogP contribution >= 0.6 is 0 Å². The van der Waals surface area contributed by atoms with E-state index in [1.807, 2.05) is 6.92 Å². The van der Waals surface area contributed by atoms with Gasteiger partial charge in [-0.1, -0.05) is 17.7 Å².